The van der Waals surface area contributed by atoms with Crippen LogP contribution >= 0.6 is 0 Å². The van der Waals surface area contributed by atoms with Crippen LogP contribution in [0.3, 0.4) is 0 Å². The van der Waals surface area contributed by atoms with Gasteiger partial charge in [-0.1, -0.05) is 30.4 Å². The molecule has 25 heavy (non-hydrogen) atoms. The van der Waals surface area contributed by atoms with Crippen LogP contribution in [0.1, 0.15) is 19.8 Å². The van der Waals surface area contributed by atoms with Crippen LogP contribution in [0.2, 0.25) is 0 Å². The standard InChI is InChI=1S/C16H20F6O3/c1-12(2)10-14(23,15(17,18)19)11-24-9-7-5-4-6-8-13(3)25-16(20,21)22/h5-8,23H,1,3-4,9-11H2,2H3/b7-5-,8-6-. The second-order valence-electron chi connectivity index (χ2n) is 5.30. The average molecular weight is 374 g/mol. The summed E-state index contributed by atoms with van der Waals surface area (Å²) in [5, 5.41) is 9.65. The SMILES string of the molecule is C=C(C)CC(O)(COC/C=C\C/C=C\C(=C)OC(F)(F)F)C(F)(F)F. The fourth-order valence-corrected chi connectivity index (χ4v) is 1.65. The fourth-order valence-electron chi connectivity index (χ4n) is 1.65. The molecule has 0 fully saturated rings. The van der Waals surface area contributed by atoms with Gasteiger partial charge in [-0.15, -0.1) is 19.8 Å². The lowest BCUT2D eigenvalue weighted by Gasteiger charge is -2.30. The Morgan fingerprint density at radius 2 is 1.64 bits per heavy atom. The highest BCUT2D eigenvalue weighted by Crippen LogP contribution is 2.35. The highest BCUT2D eigenvalue weighted by Gasteiger charge is 2.53. The number of allylic oxidation sites excluding steroid dienone is 3. The summed E-state index contributed by atoms with van der Waals surface area (Å²) in [6.07, 6.45) is -5.01. The van der Waals surface area contributed by atoms with Crippen molar-refractivity contribution < 1.29 is 40.9 Å². The Morgan fingerprint density at radius 1 is 1.04 bits per heavy atom. The van der Waals surface area contributed by atoms with Gasteiger partial charge in [-0.05, 0) is 19.4 Å². The van der Waals surface area contributed by atoms with Crippen molar-refractivity contribution in [3.05, 3.63) is 48.8 Å². The van der Waals surface area contributed by atoms with Crippen LogP contribution in [0.4, 0.5) is 26.3 Å². The first-order valence-corrected chi connectivity index (χ1v) is 7.04. The molecule has 0 aliphatic heterocycles. The molecule has 0 aliphatic carbocycles. The van der Waals surface area contributed by atoms with E-state index >= 15 is 0 Å². The second-order valence-corrected chi connectivity index (χ2v) is 5.30. The third-order valence-corrected chi connectivity index (χ3v) is 2.67. The molecule has 0 heterocycles. The Morgan fingerprint density at radius 3 is 2.12 bits per heavy atom. The van der Waals surface area contributed by atoms with Crippen LogP contribution in [-0.2, 0) is 9.47 Å². The molecule has 144 valence electrons. The molecule has 1 atom stereocenters. The summed E-state index contributed by atoms with van der Waals surface area (Å²) in [6.45, 7) is 6.58. The Hall–Kier alpha value is -1.74. The van der Waals surface area contributed by atoms with Crippen LogP contribution in [0.5, 0.6) is 0 Å². The molecule has 3 nitrogen and oxygen atoms in total. The number of halogens is 6. The topological polar surface area (TPSA) is 38.7 Å². The molecule has 0 aromatic heterocycles. The van der Waals surface area contributed by atoms with Crippen LogP contribution in [-0.4, -0.2) is 36.5 Å². The zero-order valence-electron chi connectivity index (χ0n) is 13.6. The molecule has 0 aromatic rings. The Kier molecular flexibility index (Phi) is 8.99. The number of hydrogen-bond acceptors (Lipinski definition) is 3. The lowest BCUT2D eigenvalue weighted by molar-refractivity contribution is -0.303. The molecule has 1 N–H and O–H groups in total. The van der Waals surface area contributed by atoms with Gasteiger partial charge in [-0.25, -0.2) is 0 Å². The first-order chi connectivity index (χ1) is 11.3. The maximum Gasteiger partial charge on any atom is 0.573 e. The first kappa shape index (κ1) is 23.3. The van der Waals surface area contributed by atoms with E-state index in [9.17, 15) is 31.4 Å². The van der Waals surface area contributed by atoms with Gasteiger partial charge >= 0.3 is 12.5 Å². The van der Waals surface area contributed by atoms with Crippen molar-refractivity contribution in [2.45, 2.75) is 37.9 Å². The highest BCUT2D eigenvalue weighted by molar-refractivity contribution is 5.09. The molecule has 1 unspecified atom stereocenters. The largest absolute Gasteiger partial charge is 0.573 e. The number of aliphatic hydroxyl groups is 1. The average Bonchev–Trinajstić information content (AvgIpc) is 2.37. The molecule has 9 heteroatoms. The summed E-state index contributed by atoms with van der Waals surface area (Å²) in [5.74, 6) is -0.591. The molecule has 0 aromatic carbocycles. The molecule has 0 bridgehead atoms. The van der Waals surface area contributed by atoms with Gasteiger partial charge in [0.2, 0.25) is 0 Å². The molecule has 0 spiro atoms. The van der Waals surface area contributed by atoms with Gasteiger partial charge in [-0.2, -0.15) is 13.2 Å². The van der Waals surface area contributed by atoms with Crippen molar-refractivity contribution in [3.63, 3.8) is 0 Å². The lowest BCUT2D eigenvalue weighted by atomic mass is 9.96. The predicted octanol–water partition coefficient (Wildman–Crippen LogP) is 4.82. The van der Waals surface area contributed by atoms with E-state index in [0.29, 0.717) is 0 Å². The summed E-state index contributed by atoms with van der Waals surface area (Å²) >= 11 is 0. The summed E-state index contributed by atoms with van der Waals surface area (Å²) in [5.41, 5.74) is -2.86. The van der Waals surface area contributed by atoms with Gasteiger partial charge in [0.25, 0.3) is 0 Å². The maximum atomic E-state index is 12.8. The molecule has 0 radical (unpaired) electrons. The minimum absolute atomic E-state index is 0.158. The third-order valence-electron chi connectivity index (χ3n) is 2.67. The zero-order valence-corrected chi connectivity index (χ0v) is 13.6. The first-order valence-electron chi connectivity index (χ1n) is 7.04. The molecule has 0 saturated carbocycles. The van der Waals surface area contributed by atoms with Gasteiger partial charge in [0.05, 0.1) is 13.2 Å². The second kappa shape index (κ2) is 9.67. The van der Waals surface area contributed by atoms with Crippen molar-refractivity contribution >= 4 is 0 Å². The van der Waals surface area contributed by atoms with E-state index in [4.69, 9.17) is 4.74 Å². The Bertz CT molecular complexity index is 505. The van der Waals surface area contributed by atoms with Crippen LogP contribution in [0.25, 0.3) is 0 Å². The highest BCUT2D eigenvalue weighted by atomic mass is 19.4. The predicted molar refractivity (Wildman–Crippen MR) is 80.4 cm³/mol. The summed E-state index contributed by atoms with van der Waals surface area (Å²) in [4.78, 5) is 0. The smallest absolute Gasteiger partial charge is 0.406 e. The molecule has 0 aliphatic rings. The van der Waals surface area contributed by atoms with E-state index in [1.165, 1.54) is 25.2 Å². The van der Waals surface area contributed by atoms with E-state index < -0.39 is 36.9 Å². The quantitative estimate of drug-likeness (QED) is 0.196. The van der Waals surface area contributed by atoms with E-state index in [0.717, 1.165) is 6.08 Å². The van der Waals surface area contributed by atoms with Crippen molar-refractivity contribution in [2.75, 3.05) is 13.2 Å². The Balaban J connectivity index is 4.24. The zero-order chi connectivity index (χ0) is 19.7. The molecular formula is C16H20F6O3. The van der Waals surface area contributed by atoms with Gasteiger partial charge < -0.3 is 14.6 Å². The Labute approximate surface area is 141 Å². The summed E-state index contributed by atoms with van der Waals surface area (Å²) in [7, 11) is 0. The summed E-state index contributed by atoms with van der Waals surface area (Å²) < 4.78 is 82.3. The van der Waals surface area contributed by atoms with E-state index in [1.807, 2.05) is 0 Å². The number of alkyl halides is 6. The van der Waals surface area contributed by atoms with Gasteiger partial charge in [0, 0.05) is 6.42 Å². The fraction of sp³-hybridized carbons (Fsp3) is 0.500. The third kappa shape index (κ3) is 10.7. The molecule has 0 rings (SSSR count). The maximum absolute atomic E-state index is 12.8. The van der Waals surface area contributed by atoms with Gasteiger partial charge in [0.15, 0.2) is 5.60 Å². The minimum Gasteiger partial charge on any atom is -0.406 e. The van der Waals surface area contributed by atoms with E-state index in [1.54, 1.807) is 0 Å². The monoisotopic (exact) mass is 374 g/mol. The van der Waals surface area contributed by atoms with Crippen molar-refractivity contribution in [3.8, 4) is 0 Å². The molecule has 0 saturated heterocycles. The number of hydrogen-bond donors (Lipinski definition) is 1. The number of ether oxygens (including phenoxy) is 2. The van der Waals surface area contributed by atoms with Crippen LogP contribution in [0.15, 0.2) is 48.8 Å². The van der Waals surface area contributed by atoms with Gasteiger partial charge in [0.1, 0.15) is 5.76 Å². The molecule has 0 amide bonds. The molecular weight excluding hydrogens is 354 g/mol. The van der Waals surface area contributed by atoms with Crippen LogP contribution in [0, 0.1) is 0 Å². The van der Waals surface area contributed by atoms with Crippen molar-refractivity contribution in [2.24, 2.45) is 0 Å². The normalized spacial score (nSPS) is 15.5. The lowest BCUT2D eigenvalue weighted by Crippen LogP contribution is -2.49. The van der Waals surface area contributed by atoms with Crippen molar-refractivity contribution in [1.82, 2.24) is 0 Å². The van der Waals surface area contributed by atoms with Gasteiger partial charge in [-0.3, -0.25) is 0 Å². The van der Waals surface area contributed by atoms with Crippen molar-refractivity contribution in [1.29, 1.82) is 0 Å². The summed E-state index contributed by atoms with van der Waals surface area (Å²) in [6, 6.07) is 0. The van der Waals surface area contributed by atoms with E-state index in [2.05, 4.69) is 17.9 Å². The number of rotatable bonds is 10. The minimum atomic E-state index is -4.86. The van der Waals surface area contributed by atoms with E-state index in [-0.39, 0.29) is 18.6 Å². The van der Waals surface area contributed by atoms with Crippen LogP contribution < -0.4 is 0 Å².